The van der Waals surface area contributed by atoms with E-state index in [4.69, 9.17) is 0 Å². The SMILES string of the molecule is C=CC(O)C(=C=CCCC)CC. The quantitative estimate of drug-likeness (QED) is 0.492. The van der Waals surface area contributed by atoms with Crippen LogP contribution in [0.1, 0.15) is 33.1 Å². The summed E-state index contributed by atoms with van der Waals surface area (Å²) in [4.78, 5) is 0. The van der Waals surface area contributed by atoms with E-state index in [0.717, 1.165) is 24.8 Å². The van der Waals surface area contributed by atoms with Gasteiger partial charge in [-0.2, -0.15) is 0 Å². The molecule has 0 spiro atoms. The molecule has 1 heteroatoms. The molecule has 68 valence electrons. The molecular weight excluding hydrogens is 148 g/mol. The maximum Gasteiger partial charge on any atom is 0.100 e. The molecule has 1 unspecified atom stereocenters. The number of hydrogen-bond donors (Lipinski definition) is 1. The minimum absolute atomic E-state index is 0.525. The molecule has 0 aromatic heterocycles. The third-order valence-electron chi connectivity index (χ3n) is 1.68. The van der Waals surface area contributed by atoms with Crippen molar-refractivity contribution in [3.05, 3.63) is 30.0 Å². The van der Waals surface area contributed by atoms with E-state index in [1.807, 2.05) is 13.0 Å². The Bertz CT molecular complexity index is 185. The first-order valence-electron chi connectivity index (χ1n) is 4.50. The second-order valence-electron chi connectivity index (χ2n) is 2.70. The van der Waals surface area contributed by atoms with Gasteiger partial charge in [-0.25, -0.2) is 0 Å². The Morgan fingerprint density at radius 1 is 1.58 bits per heavy atom. The van der Waals surface area contributed by atoms with Gasteiger partial charge in [-0.15, -0.1) is 12.3 Å². The van der Waals surface area contributed by atoms with E-state index >= 15 is 0 Å². The van der Waals surface area contributed by atoms with Crippen molar-refractivity contribution in [1.82, 2.24) is 0 Å². The molecule has 0 heterocycles. The van der Waals surface area contributed by atoms with E-state index < -0.39 is 6.10 Å². The van der Waals surface area contributed by atoms with Gasteiger partial charge in [0.25, 0.3) is 0 Å². The normalized spacial score (nSPS) is 11.6. The van der Waals surface area contributed by atoms with Crippen LogP contribution in [0.2, 0.25) is 0 Å². The first-order valence-corrected chi connectivity index (χ1v) is 4.50. The first-order chi connectivity index (χ1) is 5.76. The van der Waals surface area contributed by atoms with E-state index in [0.29, 0.717) is 0 Å². The molecule has 0 aliphatic rings. The molecule has 0 aliphatic heterocycles. The van der Waals surface area contributed by atoms with Crippen molar-refractivity contribution < 1.29 is 5.11 Å². The summed E-state index contributed by atoms with van der Waals surface area (Å²) in [5, 5.41) is 9.38. The van der Waals surface area contributed by atoms with Gasteiger partial charge in [-0.3, -0.25) is 0 Å². The standard InChI is InChI=1S/C11H18O/c1-4-7-8-9-10(5-2)11(12)6-3/h6,8,11-12H,3-5,7H2,1-2H3. The second-order valence-corrected chi connectivity index (χ2v) is 2.70. The fourth-order valence-electron chi connectivity index (χ4n) is 0.886. The van der Waals surface area contributed by atoms with Gasteiger partial charge in [0.2, 0.25) is 0 Å². The van der Waals surface area contributed by atoms with Gasteiger partial charge in [0.05, 0.1) is 0 Å². The molecule has 0 saturated heterocycles. The fourth-order valence-corrected chi connectivity index (χ4v) is 0.886. The lowest BCUT2D eigenvalue weighted by atomic mass is 10.1. The highest BCUT2D eigenvalue weighted by Crippen LogP contribution is 2.06. The lowest BCUT2D eigenvalue weighted by molar-refractivity contribution is 0.256. The highest BCUT2D eigenvalue weighted by Gasteiger charge is 2.01. The van der Waals surface area contributed by atoms with E-state index in [1.165, 1.54) is 6.08 Å². The summed E-state index contributed by atoms with van der Waals surface area (Å²) in [7, 11) is 0. The molecule has 0 aromatic carbocycles. The Kier molecular flexibility index (Phi) is 6.45. The third kappa shape index (κ3) is 4.17. The van der Waals surface area contributed by atoms with E-state index in [2.05, 4.69) is 19.2 Å². The molecule has 0 saturated carbocycles. The molecule has 0 aromatic rings. The van der Waals surface area contributed by atoms with Crippen LogP contribution in [0.15, 0.2) is 30.0 Å². The molecule has 1 nitrogen and oxygen atoms in total. The topological polar surface area (TPSA) is 20.2 Å². The largest absolute Gasteiger partial charge is 0.384 e. The predicted octanol–water partition coefficient (Wildman–Crippen LogP) is 2.82. The molecule has 0 amide bonds. The monoisotopic (exact) mass is 166 g/mol. The average molecular weight is 166 g/mol. The second kappa shape index (κ2) is 6.90. The highest BCUT2D eigenvalue weighted by molar-refractivity contribution is 5.12. The van der Waals surface area contributed by atoms with Crippen molar-refractivity contribution in [2.24, 2.45) is 0 Å². The Hall–Kier alpha value is -0.780. The molecule has 0 aliphatic carbocycles. The van der Waals surface area contributed by atoms with Crippen molar-refractivity contribution in [3.63, 3.8) is 0 Å². The zero-order chi connectivity index (χ0) is 9.40. The zero-order valence-electron chi connectivity index (χ0n) is 8.01. The average Bonchev–Trinajstić information content (AvgIpc) is 2.11. The third-order valence-corrected chi connectivity index (χ3v) is 1.68. The van der Waals surface area contributed by atoms with Crippen LogP contribution in [0, 0.1) is 0 Å². The van der Waals surface area contributed by atoms with Crippen molar-refractivity contribution >= 4 is 0 Å². The van der Waals surface area contributed by atoms with Crippen molar-refractivity contribution in [1.29, 1.82) is 0 Å². The van der Waals surface area contributed by atoms with Crippen LogP contribution in [-0.2, 0) is 0 Å². The number of aliphatic hydroxyl groups excluding tert-OH is 1. The van der Waals surface area contributed by atoms with Gasteiger partial charge in [0.1, 0.15) is 6.10 Å². The fraction of sp³-hybridized carbons (Fsp3) is 0.545. The Labute approximate surface area is 75.1 Å². The van der Waals surface area contributed by atoms with Crippen LogP contribution in [0.4, 0.5) is 0 Å². The molecule has 1 atom stereocenters. The summed E-state index contributed by atoms with van der Waals surface area (Å²) in [6, 6.07) is 0. The first kappa shape index (κ1) is 11.2. The molecule has 12 heavy (non-hydrogen) atoms. The maximum absolute atomic E-state index is 9.38. The van der Waals surface area contributed by atoms with Gasteiger partial charge >= 0.3 is 0 Å². The molecular formula is C11H18O. The van der Waals surface area contributed by atoms with Crippen LogP contribution in [0.3, 0.4) is 0 Å². The molecule has 0 radical (unpaired) electrons. The van der Waals surface area contributed by atoms with E-state index in [1.54, 1.807) is 0 Å². The summed E-state index contributed by atoms with van der Waals surface area (Å²) in [5.41, 5.74) is 4.01. The minimum Gasteiger partial charge on any atom is -0.384 e. The van der Waals surface area contributed by atoms with Crippen molar-refractivity contribution in [2.45, 2.75) is 39.2 Å². The van der Waals surface area contributed by atoms with Crippen LogP contribution in [0.5, 0.6) is 0 Å². The van der Waals surface area contributed by atoms with Crippen LogP contribution in [0.25, 0.3) is 0 Å². The van der Waals surface area contributed by atoms with Crippen molar-refractivity contribution in [2.75, 3.05) is 0 Å². The van der Waals surface area contributed by atoms with Gasteiger partial charge < -0.3 is 5.11 Å². The van der Waals surface area contributed by atoms with Gasteiger partial charge in [0, 0.05) is 5.57 Å². The Balaban J connectivity index is 4.30. The number of unbranched alkanes of at least 4 members (excludes halogenated alkanes) is 1. The predicted molar refractivity (Wildman–Crippen MR) is 53.0 cm³/mol. The molecule has 1 N–H and O–H groups in total. The van der Waals surface area contributed by atoms with Gasteiger partial charge in [-0.05, 0) is 18.9 Å². The van der Waals surface area contributed by atoms with Gasteiger partial charge in [0.15, 0.2) is 0 Å². The van der Waals surface area contributed by atoms with E-state index in [9.17, 15) is 5.11 Å². The van der Waals surface area contributed by atoms with E-state index in [-0.39, 0.29) is 0 Å². The summed E-state index contributed by atoms with van der Waals surface area (Å²) in [6.45, 7) is 7.66. The summed E-state index contributed by atoms with van der Waals surface area (Å²) in [5.74, 6) is 0. The number of hydrogen-bond acceptors (Lipinski definition) is 1. The summed E-state index contributed by atoms with van der Waals surface area (Å²) < 4.78 is 0. The summed E-state index contributed by atoms with van der Waals surface area (Å²) >= 11 is 0. The summed E-state index contributed by atoms with van der Waals surface area (Å²) in [6.07, 6.45) is 5.95. The van der Waals surface area contributed by atoms with Crippen molar-refractivity contribution in [3.8, 4) is 0 Å². The van der Waals surface area contributed by atoms with Crippen LogP contribution < -0.4 is 0 Å². The Morgan fingerprint density at radius 3 is 2.67 bits per heavy atom. The lowest BCUT2D eigenvalue weighted by Gasteiger charge is -2.04. The Morgan fingerprint density at radius 2 is 2.25 bits per heavy atom. The maximum atomic E-state index is 9.38. The smallest absolute Gasteiger partial charge is 0.100 e. The highest BCUT2D eigenvalue weighted by atomic mass is 16.3. The molecule has 0 rings (SSSR count). The van der Waals surface area contributed by atoms with Crippen LogP contribution in [-0.4, -0.2) is 11.2 Å². The lowest BCUT2D eigenvalue weighted by Crippen LogP contribution is -2.03. The zero-order valence-corrected chi connectivity index (χ0v) is 8.01. The molecule has 0 bridgehead atoms. The number of aliphatic hydroxyl groups is 1. The molecule has 0 fully saturated rings. The van der Waals surface area contributed by atoms with Crippen LogP contribution >= 0.6 is 0 Å². The minimum atomic E-state index is -0.525. The number of rotatable bonds is 5. The van der Waals surface area contributed by atoms with Gasteiger partial charge in [-0.1, -0.05) is 26.3 Å².